The number of nitrogens with two attached hydrogens (primary N) is 1. The highest BCUT2D eigenvalue weighted by Crippen LogP contribution is 2.25. The maximum Gasteiger partial charge on any atom is 0.222 e. The fourth-order valence-electron chi connectivity index (χ4n) is 4.98. The zero-order valence-electron chi connectivity index (χ0n) is 32.3. The van der Waals surface area contributed by atoms with E-state index in [1.807, 2.05) is 13.0 Å². The van der Waals surface area contributed by atoms with Crippen molar-refractivity contribution < 1.29 is 38.1 Å². The van der Waals surface area contributed by atoms with Crippen LogP contribution in [0.1, 0.15) is 82.8 Å². The van der Waals surface area contributed by atoms with Gasteiger partial charge >= 0.3 is 0 Å². The molecule has 53 heavy (non-hydrogen) atoms. The van der Waals surface area contributed by atoms with Crippen molar-refractivity contribution in [3.63, 3.8) is 0 Å². The summed E-state index contributed by atoms with van der Waals surface area (Å²) in [4.78, 5) is 49.8. The van der Waals surface area contributed by atoms with Crippen LogP contribution in [0.4, 0.5) is 5.82 Å². The quantitative estimate of drug-likeness (QED) is 0.0493. The Morgan fingerprint density at radius 2 is 1.43 bits per heavy atom. The second-order valence-electron chi connectivity index (χ2n) is 12.8. The Hall–Kier alpha value is -3.30. The summed E-state index contributed by atoms with van der Waals surface area (Å²) >= 11 is 3.95. The van der Waals surface area contributed by atoms with Gasteiger partial charge in [-0.2, -0.15) is 12.6 Å². The topological polar surface area (TPSA) is 171 Å². The molecule has 1 atom stereocenters. The summed E-state index contributed by atoms with van der Waals surface area (Å²) in [5, 5.41) is 7.14. The van der Waals surface area contributed by atoms with Gasteiger partial charge in [0.05, 0.1) is 58.4 Å². The van der Waals surface area contributed by atoms with Crippen molar-refractivity contribution >= 4 is 53.9 Å². The van der Waals surface area contributed by atoms with Gasteiger partial charge in [-0.05, 0) is 55.4 Å². The van der Waals surface area contributed by atoms with E-state index in [1.54, 1.807) is 7.05 Å². The molecule has 0 radical (unpaired) electrons. The highest BCUT2D eigenvalue weighted by atomic mass is 32.1. The van der Waals surface area contributed by atoms with E-state index in [9.17, 15) is 19.2 Å². The molecular weight excluding hydrogens is 699 g/mol. The van der Waals surface area contributed by atoms with E-state index in [4.69, 9.17) is 24.7 Å². The van der Waals surface area contributed by atoms with Crippen LogP contribution in [0.2, 0.25) is 0 Å². The van der Waals surface area contributed by atoms with Gasteiger partial charge in [0.1, 0.15) is 12.1 Å². The van der Waals surface area contributed by atoms with Crippen molar-refractivity contribution in [2.45, 2.75) is 89.7 Å². The summed E-state index contributed by atoms with van der Waals surface area (Å²) in [5.41, 5.74) is 9.65. The van der Waals surface area contributed by atoms with Crippen molar-refractivity contribution in [1.29, 1.82) is 0 Å². The van der Waals surface area contributed by atoms with Crippen LogP contribution in [-0.2, 0) is 51.0 Å². The Morgan fingerprint density at radius 1 is 0.830 bits per heavy atom. The number of aromatic nitrogens is 1. The first-order chi connectivity index (χ1) is 25.7. The number of ether oxygens (including phenoxy) is 4. The normalized spacial score (nSPS) is 11.4. The Bertz CT molecular complexity index is 1290. The molecule has 0 aliphatic carbocycles. The maximum absolute atomic E-state index is 12.1. The molecule has 0 bridgehead atoms. The van der Waals surface area contributed by atoms with E-state index < -0.39 is 0 Å². The van der Waals surface area contributed by atoms with Crippen LogP contribution in [-0.4, -0.2) is 119 Å². The highest BCUT2D eigenvalue weighted by Gasteiger charge is 2.08. The lowest BCUT2D eigenvalue weighted by atomic mass is 9.99. The molecule has 3 amide bonds. The number of amides is 3. The van der Waals surface area contributed by atoms with Gasteiger partial charge < -0.3 is 45.0 Å². The Labute approximate surface area is 322 Å². The van der Waals surface area contributed by atoms with Gasteiger partial charge in [0.25, 0.3) is 0 Å². The van der Waals surface area contributed by atoms with E-state index in [1.165, 1.54) is 28.7 Å². The van der Waals surface area contributed by atoms with Crippen LogP contribution in [0.15, 0.2) is 24.3 Å². The van der Waals surface area contributed by atoms with E-state index in [0.29, 0.717) is 97.6 Å². The van der Waals surface area contributed by atoms with Crippen molar-refractivity contribution in [2.75, 3.05) is 85.3 Å². The van der Waals surface area contributed by atoms with Gasteiger partial charge in [-0.1, -0.05) is 45.2 Å². The molecule has 4 N–H and O–H groups in total. The summed E-state index contributed by atoms with van der Waals surface area (Å²) in [6, 6.07) is 8.51. The van der Waals surface area contributed by atoms with Crippen molar-refractivity contribution in [2.24, 2.45) is 0 Å². The fraction of sp³-hybridized carbons (Fsp3) is 0.667. The number of aldehydes is 1. The predicted octanol–water partition coefficient (Wildman–Crippen LogP) is 4.32. The number of aryl methyl sites for hydroxylation is 2. The van der Waals surface area contributed by atoms with Crippen LogP contribution in [0, 0.1) is 0 Å². The number of nitrogens with one attached hydrogen (secondary N) is 2. The number of anilines is 1. The molecule has 1 heterocycles. The lowest BCUT2D eigenvalue weighted by molar-refractivity contribution is -0.123. The van der Waals surface area contributed by atoms with Gasteiger partial charge in [0.15, 0.2) is 0 Å². The number of unbranched alkanes of at least 4 members (excludes halogenated alkanes) is 4. The van der Waals surface area contributed by atoms with Crippen LogP contribution >= 0.6 is 12.6 Å². The third-order valence-corrected chi connectivity index (χ3v) is 8.23. The largest absolute Gasteiger partial charge is 0.383 e. The molecule has 0 aliphatic heterocycles. The lowest BCUT2D eigenvalue weighted by Crippen LogP contribution is -2.30. The van der Waals surface area contributed by atoms with E-state index in [0.717, 1.165) is 55.9 Å². The Morgan fingerprint density at radius 3 is 2.06 bits per heavy atom. The molecule has 0 fully saturated rings. The van der Waals surface area contributed by atoms with Crippen molar-refractivity contribution in [1.82, 2.24) is 20.5 Å². The Kier molecular flexibility index (Phi) is 29.0. The Balaban J connectivity index is 0.00000215. The number of nitrogen functional groups attached to an aromatic ring is 1. The number of hydrogen-bond acceptors (Lipinski definition) is 11. The van der Waals surface area contributed by atoms with Crippen LogP contribution < -0.4 is 16.4 Å². The molecule has 0 saturated heterocycles. The van der Waals surface area contributed by atoms with Crippen molar-refractivity contribution in [3.05, 3.63) is 35.4 Å². The predicted molar refractivity (Wildman–Crippen MR) is 213 cm³/mol. The number of fused-ring (bicyclic) bond motifs is 1. The number of hydrogen-bond donors (Lipinski definition) is 4. The minimum absolute atomic E-state index is 0.000312. The zero-order chi connectivity index (χ0) is 38.9. The van der Waals surface area contributed by atoms with E-state index >= 15 is 0 Å². The number of thiol groups is 1. The summed E-state index contributed by atoms with van der Waals surface area (Å²) in [5.74, 6) is 0.534. The first-order valence-electron chi connectivity index (χ1n) is 19.0. The molecule has 2 aromatic rings. The number of rotatable bonds is 31. The van der Waals surface area contributed by atoms with E-state index in [-0.39, 0.29) is 23.5 Å². The third-order valence-electron chi connectivity index (χ3n) is 8.02. The zero-order valence-corrected chi connectivity index (χ0v) is 33.2. The molecular formula is C39H65N5O8S. The molecule has 13 nitrogen and oxygen atoms in total. The van der Waals surface area contributed by atoms with Crippen molar-refractivity contribution in [3.8, 4) is 0 Å². The van der Waals surface area contributed by atoms with E-state index in [2.05, 4.69) is 53.4 Å². The van der Waals surface area contributed by atoms with Gasteiger partial charge in [0, 0.05) is 56.6 Å². The minimum atomic E-state index is -0.116. The molecule has 1 aromatic carbocycles. The fourth-order valence-corrected chi connectivity index (χ4v) is 5.06. The van der Waals surface area contributed by atoms with Crippen LogP contribution in [0.25, 0.3) is 10.9 Å². The molecule has 14 heteroatoms. The second-order valence-corrected chi connectivity index (χ2v) is 13.7. The number of nitrogens with zero attached hydrogens (tertiary/aromatic N) is 2. The number of carbonyl (C=O) groups is 4. The van der Waals surface area contributed by atoms with Crippen LogP contribution in [0.5, 0.6) is 0 Å². The molecule has 1 aromatic heterocycles. The minimum Gasteiger partial charge on any atom is -0.383 e. The SMILES string of the molecule is CC(S)CC=O.CCCCCc1cc2c(CCCCCNC(=O)CCOCCOCCOCCOCCNC(=O)CCN(C)C=O)cccc2nc1N. The summed E-state index contributed by atoms with van der Waals surface area (Å²) in [6.07, 6.45) is 11.2. The molecule has 2 rings (SSSR count). The first-order valence-corrected chi connectivity index (χ1v) is 19.5. The molecule has 300 valence electrons. The molecule has 0 spiro atoms. The van der Waals surface area contributed by atoms with Gasteiger partial charge in [-0.25, -0.2) is 4.98 Å². The monoisotopic (exact) mass is 763 g/mol. The summed E-state index contributed by atoms with van der Waals surface area (Å²) in [6.45, 7) is 8.92. The number of pyridine rings is 1. The molecule has 0 saturated carbocycles. The summed E-state index contributed by atoms with van der Waals surface area (Å²) in [7, 11) is 1.63. The molecule has 1 unspecified atom stereocenters. The standard InChI is InChI=1S/C35H57N5O7.C4H8OS/c1-3-4-6-11-30-27-31-29(12-9-13-32(31)39-35(30)36)10-7-5-8-16-37-34(43)15-19-44-21-23-46-25-26-47-24-22-45-20-17-38-33(42)14-18-40(2)28-41;1-4(6)2-3-5/h9,12-13,27-28H,3-8,10-11,14-26H2,1-2H3,(H2,36,39)(H,37,43)(H,38,42);3-4,6H,2H2,1H3. The highest BCUT2D eigenvalue weighted by molar-refractivity contribution is 7.80. The molecule has 0 aliphatic rings. The van der Waals surface area contributed by atoms with Gasteiger partial charge in [-0.15, -0.1) is 0 Å². The maximum atomic E-state index is 12.1. The second kappa shape index (κ2) is 32.2. The summed E-state index contributed by atoms with van der Waals surface area (Å²) < 4.78 is 21.8. The average molecular weight is 764 g/mol. The van der Waals surface area contributed by atoms with Gasteiger partial charge in [-0.3, -0.25) is 14.4 Å². The number of carbonyl (C=O) groups excluding carboxylic acids is 4. The first kappa shape index (κ1) is 47.7. The number of benzene rings is 1. The van der Waals surface area contributed by atoms with Crippen LogP contribution in [0.3, 0.4) is 0 Å². The lowest BCUT2D eigenvalue weighted by Gasteiger charge is -2.11. The average Bonchev–Trinajstić information content (AvgIpc) is 3.14. The van der Waals surface area contributed by atoms with Gasteiger partial charge in [0.2, 0.25) is 18.2 Å². The third kappa shape index (κ3) is 25.4. The smallest absolute Gasteiger partial charge is 0.222 e.